The van der Waals surface area contributed by atoms with Crippen LogP contribution in [0.25, 0.3) is 0 Å². The molecule has 0 saturated carbocycles. The summed E-state index contributed by atoms with van der Waals surface area (Å²) >= 11 is 14.2. The number of nitrogens with one attached hydrogen (secondary N) is 2. The van der Waals surface area contributed by atoms with Gasteiger partial charge in [0.2, 0.25) is 0 Å². The number of anilines is 1. The van der Waals surface area contributed by atoms with Crippen molar-refractivity contribution in [2.24, 2.45) is 0 Å². The number of aromatic nitrogens is 1. The number of aromatic amines is 1. The summed E-state index contributed by atoms with van der Waals surface area (Å²) in [5.74, 6) is 0.605. The summed E-state index contributed by atoms with van der Waals surface area (Å²) in [5, 5.41) is 13.7. The standard InChI is InChI=1S/C28H26Cl2N2O5S/c1-35-24-9-7-17(11-26(24)36-2)25(12-20-21(29)14-31-15-22(20)30)37-28(34)27-10-8-19(38-27)13-32-23-6-4-3-5-18(23)16-33/h3-11,14-15,25,32-33H,12-13,16H2,1-2H3/p+1/t25-/m0/s1. The van der Waals surface area contributed by atoms with Crippen LogP contribution in [0, 0.1) is 0 Å². The van der Waals surface area contributed by atoms with Crippen LogP contribution in [0.5, 0.6) is 11.5 Å². The van der Waals surface area contributed by atoms with Gasteiger partial charge < -0.3 is 24.6 Å². The molecule has 7 nitrogen and oxygen atoms in total. The second-order valence-corrected chi connectivity index (χ2v) is 10.3. The van der Waals surface area contributed by atoms with Crippen molar-refractivity contribution in [1.82, 2.24) is 0 Å². The number of thiophene rings is 1. The molecule has 0 unspecified atom stereocenters. The third-order valence-electron chi connectivity index (χ3n) is 5.92. The van der Waals surface area contributed by atoms with Gasteiger partial charge in [0.15, 0.2) is 23.9 Å². The van der Waals surface area contributed by atoms with E-state index in [-0.39, 0.29) is 13.0 Å². The van der Waals surface area contributed by atoms with E-state index in [1.54, 1.807) is 44.8 Å². The topological polar surface area (TPSA) is 91.2 Å². The van der Waals surface area contributed by atoms with Gasteiger partial charge in [0.05, 0.1) is 20.8 Å². The quantitative estimate of drug-likeness (QED) is 0.210. The number of aliphatic hydroxyl groups excluding tert-OH is 1. The third-order valence-corrected chi connectivity index (χ3v) is 7.66. The molecule has 0 aliphatic carbocycles. The second kappa shape index (κ2) is 13.0. The number of aliphatic hydroxyl groups is 1. The molecule has 4 aromatic rings. The summed E-state index contributed by atoms with van der Waals surface area (Å²) in [6.45, 7) is 0.440. The first kappa shape index (κ1) is 27.7. The Hall–Kier alpha value is -3.30. The van der Waals surface area contributed by atoms with Crippen LogP contribution in [0.1, 0.15) is 37.3 Å². The fourth-order valence-electron chi connectivity index (χ4n) is 3.92. The molecule has 0 aliphatic rings. The molecule has 0 spiro atoms. The maximum absolute atomic E-state index is 13.3. The lowest BCUT2D eigenvalue weighted by Crippen LogP contribution is -2.15. The Balaban J connectivity index is 1.55. The van der Waals surface area contributed by atoms with Crippen molar-refractivity contribution in [2.75, 3.05) is 19.5 Å². The van der Waals surface area contributed by atoms with Gasteiger partial charge in [0.1, 0.15) is 21.0 Å². The number of para-hydroxylation sites is 1. The van der Waals surface area contributed by atoms with E-state index in [1.165, 1.54) is 11.3 Å². The second-order valence-electron chi connectivity index (χ2n) is 8.28. The molecule has 0 fully saturated rings. The summed E-state index contributed by atoms with van der Waals surface area (Å²) in [6, 6.07) is 16.5. The molecule has 0 bridgehead atoms. The van der Waals surface area contributed by atoms with Crippen LogP contribution in [0.15, 0.2) is 67.0 Å². The Labute approximate surface area is 234 Å². The molecule has 4 rings (SSSR count). The van der Waals surface area contributed by atoms with Gasteiger partial charge in [-0.3, -0.25) is 0 Å². The first-order valence-electron chi connectivity index (χ1n) is 11.7. The summed E-state index contributed by atoms with van der Waals surface area (Å²) in [6.07, 6.45) is 2.82. The van der Waals surface area contributed by atoms with Gasteiger partial charge in [-0.1, -0.05) is 47.5 Å². The lowest BCUT2D eigenvalue weighted by Gasteiger charge is -2.20. The van der Waals surface area contributed by atoms with Crippen molar-refractivity contribution >= 4 is 46.2 Å². The van der Waals surface area contributed by atoms with Crippen LogP contribution in [-0.2, 0) is 24.3 Å². The Morgan fingerprint density at radius 2 is 1.76 bits per heavy atom. The summed E-state index contributed by atoms with van der Waals surface area (Å²) in [5.41, 5.74) is 3.00. The number of benzene rings is 2. The number of H-pyrrole nitrogens is 1. The minimum atomic E-state index is -0.695. The first-order valence-corrected chi connectivity index (χ1v) is 13.3. The smallest absolute Gasteiger partial charge is 0.348 e. The molecule has 10 heteroatoms. The number of esters is 1. The molecule has 38 heavy (non-hydrogen) atoms. The average molecular weight is 575 g/mol. The minimum absolute atomic E-state index is 0.0593. The van der Waals surface area contributed by atoms with E-state index in [9.17, 15) is 9.90 Å². The van der Waals surface area contributed by atoms with Crippen molar-refractivity contribution < 1.29 is 29.1 Å². The van der Waals surface area contributed by atoms with E-state index in [4.69, 9.17) is 37.4 Å². The van der Waals surface area contributed by atoms with E-state index in [2.05, 4.69) is 10.3 Å². The highest BCUT2D eigenvalue weighted by Crippen LogP contribution is 2.35. The maximum atomic E-state index is 13.3. The van der Waals surface area contributed by atoms with Crippen LogP contribution in [0.2, 0.25) is 10.0 Å². The SMILES string of the molecule is COc1ccc([C@H](Cc2c(Cl)c[nH+]cc2Cl)OC(=O)c2ccc(CNc3ccccc3CO)s2)cc1OC. The predicted octanol–water partition coefficient (Wildman–Crippen LogP) is 6.13. The van der Waals surface area contributed by atoms with E-state index >= 15 is 0 Å². The highest BCUT2D eigenvalue weighted by atomic mass is 35.5. The fraction of sp³-hybridized carbons (Fsp3) is 0.214. The Kier molecular flexibility index (Phi) is 9.47. The summed E-state index contributed by atoms with van der Waals surface area (Å²) in [4.78, 5) is 17.6. The zero-order valence-electron chi connectivity index (χ0n) is 20.8. The van der Waals surface area contributed by atoms with Crippen molar-refractivity contribution in [2.45, 2.75) is 25.7 Å². The number of rotatable bonds is 11. The number of hydrogen-bond donors (Lipinski definition) is 2. The molecule has 0 amide bonds. The Morgan fingerprint density at radius 1 is 1.03 bits per heavy atom. The molecular weight excluding hydrogens is 547 g/mol. The molecule has 2 aromatic carbocycles. The van der Waals surface area contributed by atoms with Crippen LogP contribution < -0.4 is 19.8 Å². The van der Waals surface area contributed by atoms with Gasteiger partial charge in [-0.15, -0.1) is 11.3 Å². The van der Waals surface area contributed by atoms with Crippen LogP contribution in [0.3, 0.4) is 0 Å². The normalized spacial score (nSPS) is 11.6. The van der Waals surface area contributed by atoms with Crippen molar-refractivity contribution in [3.05, 3.63) is 103 Å². The minimum Gasteiger partial charge on any atom is -0.493 e. The largest absolute Gasteiger partial charge is 0.493 e. The molecule has 0 saturated heterocycles. The summed E-state index contributed by atoms with van der Waals surface area (Å²) < 4.78 is 16.8. The molecular formula is C28H27Cl2N2O5S+. The molecule has 1 atom stereocenters. The number of hydrogen-bond acceptors (Lipinski definition) is 7. The van der Waals surface area contributed by atoms with Gasteiger partial charge in [0, 0.05) is 34.7 Å². The highest BCUT2D eigenvalue weighted by molar-refractivity contribution is 7.13. The number of methoxy groups -OCH3 is 2. The Morgan fingerprint density at radius 3 is 2.47 bits per heavy atom. The first-order chi connectivity index (χ1) is 18.4. The van der Waals surface area contributed by atoms with Crippen molar-refractivity contribution in [3.63, 3.8) is 0 Å². The van der Waals surface area contributed by atoms with Crippen LogP contribution in [0.4, 0.5) is 5.69 Å². The Bertz CT molecular complexity index is 1390. The highest BCUT2D eigenvalue weighted by Gasteiger charge is 2.24. The van der Waals surface area contributed by atoms with Crippen molar-refractivity contribution in [3.8, 4) is 11.5 Å². The molecule has 2 heterocycles. The van der Waals surface area contributed by atoms with Gasteiger partial charge in [0.25, 0.3) is 0 Å². The van der Waals surface area contributed by atoms with Gasteiger partial charge in [-0.2, -0.15) is 0 Å². The molecule has 0 aliphatic heterocycles. The van der Waals surface area contributed by atoms with Crippen LogP contribution in [-0.4, -0.2) is 25.3 Å². The number of ether oxygens (including phenoxy) is 3. The predicted molar refractivity (Wildman–Crippen MR) is 148 cm³/mol. The average Bonchev–Trinajstić information content (AvgIpc) is 3.42. The summed E-state index contributed by atoms with van der Waals surface area (Å²) in [7, 11) is 3.10. The number of carbonyl (C=O) groups excluding carboxylic acids is 1. The van der Waals surface area contributed by atoms with E-state index in [0.717, 1.165) is 16.1 Å². The lowest BCUT2D eigenvalue weighted by molar-refractivity contribution is -0.377. The number of halogens is 2. The molecule has 2 aromatic heterocycles. The third kappa shape index (κ3) is 6.57. The zero-order valence-corrected chi connectivity index (χ0v) is 23.1. The fourth-order valence-corrected chi connectivity index (χ4v) is 5.28. The lowest BCUT2D eigenvalue weighted by atomic mass is 10.0. The zero-order chi connectivity index (χ0) is 27.1. The monoisotopic (exact) mass is 573 g/mol. The van der Waals surface area contributed by atoms with Gasteiger partial charge in [-0.05, 0) is 35.9 Å². The van der Waals surface area contributed by atoms with E-state index in [1.807, 2.05) is 36.4 Å². The van der Waals surface area contributed by atoms with Crippen molar-refractivity contribution in [1.29, 1.82) is 0 Å². The number of pyridine rings is 1. The van der Waals surface area contributed by atoms with Gasteiger partial charge in [-0.25, -0.2) is 9.78 Å². The molecule has 0 radical (unpaired) electrons. The molecule has 198 valence electrons. The van der Waals surface area contributed by atoms with E-state index < -0.39 is 12.1 Å². The number of carbonyl (C=O) groups is 1. The van der Waals surface area contributed by atoms with Crippen LogP contribution >= 0.6 is 34.5 Å². The molecule has 3 N–H and O–H groups in total. The van der Waals surface area contributed by atoms with Gasteiger partial charge >= 0.3 is 5.97 Å². The van der Waals surface area contributed by atoms with E-state index in [0.29, 0.717) is 44.1 Å². The maximum Gasteiger partial charge on any atom is 0.348 e.